The van der Waals surface area contributed by atoms with E-state index in [1.165, 1.54) is 34.6 Å². The van der Waals surface area contributed by atoms with E-state index < -0.39 is 0 Å². The summed E-state index contributed by atoms with van der Waals surface area (Å²) in [5.74, 6) is 0.781. The van der Waals surface area contributed by atoms with Crippen LogP contribution < -0.4 is 5.32 Å². The van der Waals surface area contributed by atoms with Gasteiger partial charge in [0.15, 0.2) is 5.13 Å². The first-order valence-electron chi connectivity index (χ1n) is 6.58. The molecule has 0 unspecified atom stereocenters. The smallest absolute Gasteiger partial charge is 0.258 e. The molecule has 2 aromatic heterocycles. The fraction of sp³-hybridized carbons (Fsp3) is 0.429. The summed E-state index contributed by atoms with van der Waals surface area (Å²) < 4.78 is 0. The Kier molecular flexibility index (Phi) is 3.66. The molecule has 0 spiro atoms. The van der Waals surface area contributed by atoms with E-state index in [1.54, 1.807) is 17.5 Å². The van der Waals surface area contributed by atoms with Gasteiger partial charge < -0.3 is 0 Å². The van der Waals surface area contributed by atoms with Crippen molar-refractivity contribution in [2.75, 3.05) is 5.32 Å². The maximum Gasteiger partial charge on any atom is 0.258 e. The number of carbonyl (C=O) groups excluding carboxylic acids is 1. The largest absolute Gasteiger partial charge is 0.298 e. The number of hydrogen-bond acceptors (Lipinski definition) is 4. The van der Waals surface area contributed by atoms with E-state index in [1.807, 2.05) is 10.8 Å². The summed E-state index contributed by atoms with van der Waals surface area (Å²) in [4.78, 5) is 17.8. The Bertz CT molecular complexity index is 574. The second-order valence-corrected chi connectivity index (χ2v) is 6.72. The lowest BCUT2D eigenvalue weighted by atomic mass is 9.86. The summed E-state index contributed by atoms with van der Waals surface area (Å²) in [5, 5.41) is 7.42. The van der Waals surface area contributed by atoms with Crippen LogP contribution in [-0.2, 0) is 12.8 Å². The van der Waals surface area contributed by atoms with E-state index in [0.29, 0.717) is 5.13 Å². The third-order valence-corrected chi connectivity index (χ3v) is 5.47. The number of rotatable bonds is 3. The van der Waals surface area contributed by atoms with Crippen molar-refractivity contribution < 1.29 is 4.79 Å². The van der Waals surface area contributed by atoms with E-state index >= 15 is 0 Å². The molecule has 3 rings (SSSR count). The lowest BCUT2D eigenvalue weighted by molar-refractivity contribution is 0.102. The van der Waals surface area contributed by atoms with Gasteiger partial charge in [0, 0.05) is 21.8 Å². The zero-order chi connectivity index (χ0) is 13.2. The minimum absolute atomic E-state index is 0.0117. The van der Waals surface area contributed by atoms with Gasteiger partial charge in [-0.05, 0) is 30.7 Å². The molecule has 0 saturated heterocycles. The van der Waals surface area contributed by atoms with Crippen molar-refractivity contribution in [2.24, 2.45) is 5.92 Å². The second-order valence-electron chi connectivity index (χ2n) is 4.86. The molecule has 1 amide bonds. The summed E-state index contributed by atoms with van der Waals surface area (Å²) in [5.41, 5.74) is 2.12. The predicted molar refractivity (Wildman–Crippen MR) is 80.2 cm³/mol. The standard InChI is InChI=1S/C14H16N2OS2/c1-2-9-3-4-10-11(8-19-12(10)7-9)13(17)16-14-15-5-6-18-14/h5-6,8-9H,2-4,7H2,1H3,(H,15,16,17)/t9-/m1/s1. The molecule has 5 heteroatoms. The number of amides is 1. The Morgan fingerprint density at radius 1 is 1.53 bits per heavy atom. The molecule has 0 radical (unpaired) electrons. The fourth-order valence-electron chi connectivity index (χ4n) is 2.57. The maximum absolute atomic E-state index is 12.3. The molecule has 1 aliphatic carbocycles. The van der Waals surface area contributed by atoms with Crippen LogP contribution in [0.25, 0.3) is 0 Å². The summed E-state index contributed by atoms with van der Waals surface area (Å²) in [6.45, 7) is 2.25. The molecule has 1 atom stereocenters. The van der Waals surface area contributed by atoms with Crippen molar-refractivity contribution >= 4 is 33.7 Å². The number of aromatic nitrogens is 1. The van der Waals surface area contributed by atoms with E-state index in [9.17, 15) is 4.79 Å². The van der Waals surface area contributed by atoms with E-state index in [2.05, 4.69) is 17.2 Å². The number of nitrogens with one attached hydrogen (secondary N) is 1. The van der Waals surface area contributed by atoms with Crippen LogP contribution in [0.1, 0.15) is 40.6 Å². The Hall–Kier alpha value is -1.20. The van der Waals surface area contributed by atoms with E-state index in [4.69, 9.17) is 0 Å². The number of thiazole rings is 1. The molecule has 0 bridgehead atoms. The molecule has 0 aliphatic heterocycles. The highest BCUT2D eigenvalue weighted by molar-refractivity contribution is 7.13. The fourth-order valence-corrected chi connectivity index (χ4v) is 4.29. The van der Waals surface area contributed by atoms with Gasteiger partial charge in [-0.25, -0.2) is 4.98 Å². The number of fused-ring (bicyclic) bond motifs is 1. The Labute approximate surface area is 120 Å². The maximum atomic E-state index is 12.3. The highest BCUT2D eigenvalue weighted by Gasteiger charge is 2.24. The quantitative estimate of drug-likeness (QED) is 0.930. The number of carbonyl (C=O) groups is 1. The van der Waals surface area contributed by atoms with Gasteiger partial charge in [0.2, 0.25) is 0 Å². The van der Waals surface area contributed by atoms with Crippen molar-refractivity contribution in [3.63, 3.8) is 0 Å². The molecule has 0 aromatic carbocycles. The van der Waals surface area contributed by atoms with Crippen molar-refractivity contribution in [3.8, 4) is 0 Å². The molecular weight excluding hydrogens is 276 g/mol. The molecule has 3 nitrogen and oxygen atoms in total. The van der Waals surface area contributed by atoms with Crippen LogP contribution in [0.4, 0.5) is 5.13 Å². The minimum atomic E-state index is -0.0117. The van der Waals surface area contributed by atoms with Crippen LogP contribution in [0.3, 0.4) is 0 Å². The first-order valence-corrected chi connectivity index (χ1v) is 8.34. The van der Waals surface area contributed by atoms with Crippen molar-refractivity contribution in [3.05, 3.63) is 33.0 Å². The van der Waals surface area contributed by atoms with Crippen LogP contribution in [0.15, 0.2) is 17.0 Å². The zero-order valence-corrected chi connectivity index (χ0v) is 12.4. The van der Waals surface area contributed by atoms with Crippen molar-refractivity contribution in [2.45, 2.75) is 32.6 Å². The number of nitrogens with zero attached hydrogens (tertiary/aromatic N) is 1. The monoisotopic (exact) mass is 292 g/mol. The molecule has 0 saturated carbocycles. The summed E-state index contributed by atoms with van der Waals surface area (Å²) in [7, 11) is 0. The molecule has 1 N–H and O–H groups in total. The van der Waals surface area contributed by atoms with Crippen LogP contribution in [0.5, 0.6) is 0 Å². The van der Waals surface area contributed by atoms with Crippen LogP contribution in [0, 0.1) is 5.92 Å². The molecule has 19 heavy (non-hydrogen) atoms. The lowest BCUT2D eigenvalue weighted by Gasteiger charge is -2.21. The molecule has 1 aliphatic rings. The summed E-state index contributed by atoms with van der Waals surface area (Å²) in [6, 6.07) is 0. The SMILES string of the molecule is CC[C@@H]1CCc2c(C(=O)Nc3nccs3)csc2C1. The van der Waals surface area contributed by atoms with E-state index in [0.717, 1.165) is 24.3 Å². The van der Waals surface area contributed by atoms with Gasteiger partial charge in [0.05, 0.1) is 5.56 Å². The highest BCUT2D eigenvalue weighted by Crippen LogP contribution is 2.34. The molecular formula is C14H16N2OS2. The first kappa shape index (κ1) is 12.8. The minimum Gasteiger partial charge on any atom is -0.298 e. The van der Waals surface area contributed by atoms with Gasteiger partial charge in [0.1, 0.15) is 0 Å². The average Bonchev–Trinajstić information content (AvgIpc) is 3.06. The topological polar surface area (TPSA) is 42.0 Å². The third-order valence-electron chi connectivity index (χ3n) is 3.73. The molecule has 0 fully saturated rings. The van der Waals surface area contributed by atoms with Crippen LogP contribution in [0.2, 0.25) is 0 Å². The van der Waals surface area contributed by atoms with Gasteiger partial charge in [-0.3, -0.25) is 10.1 Å². The Morgan fingerprint density at radius 2 is 2.42 bits per heavy atom. The van der Waals surface area contributed by atoms with Crippen molar-refractivity contribution in [1.29, 1.82) is 0 Å². The molecule has 2 aromatic rings. The lowest BCUT2D eigenvalue weighted by Crippen LogP contribution is -2.17. The summed E-state index contributed by atoms with van der Waals surface area (Å²) in [6.07, 6.45) is 6.32. The Balaban J connectivity index is 1.79. The molecule has 2 heterocycles. The number of thiophene rings is 1. The normalized spacial score (nSPS) is 18.1. The second kappa shape index (κ2) is 5.43. The summed E-state index contributed by atoms with van der Waals surface area (Å²) >= 11 is 3.18. The van der Waals surface area contributed by atoms with E-state index in [-0.39, 0.29) is 5.91 Å². The van der Waals surface area contributed by atoms with Gasteiger partial charge in [-0.15, -0.1) is 22.7 Å². The zero-order valence-electron chi connectivity index (χ0n) is 10.8. The highest BCUT2D eigenvalue weighted by atomic mass is 32.1. The van der Waals surface area contributed by atoms with Gasteiger partial charge in [0.25, 0.3) is 5.91 Å². The average molecular weight is 292 g/mol. The number of hydrogen-bond donors (Lipinski definition) is 1. The van der Waals surface area contributed by atoms with Crippen LogP contribution in [-0.4, -0.2) is 10.9 Å². The van der Waals surface area contributed by atoms with Crippen molar-refractivity contribution in [1.82, 2.24) is 4.98 Å². The third kappa shape index (κ3) is 2.58. The van der Waals surface area contributed by atoms with Crippen LogP contribution >= 0.6 is 22.7 Å². The Morgan fingerprint density at radius 3 is 3.16 bits per heavy atom. The van der Waals surface area contributed by atoms with Gasteiger partial charge >= 0.3 is 0 Å². The first-order chi connectivity index (χ1) is 9.28. The molecule has 100 valence electrons. The number of anilines is 1. The van der Waals surface area contributed by atoms with Gasteiger partial charge in [-0.1, -0.05) is 13.3 Å². The van der Waals surface area contributed by atoms with Gasteiger partial charge in [-0.2, -0.15) is 0 Å². The predicted octanol–water partition coefficient (Wildman–Crippen LogP) is 3.97.